The van der Waals surface area contributed by atoms with Crippen molar-refractivity contribution in [2.75, 3.05) is 41.6 Å². The first kappa shape index (κ1) is 43.4. The zero-order chi connectivity index (χ0) is 44.7. The predicted molar refractivity (Wildman–Crippen MR) is 234 cm³/mol. The second-order valence-electron chi connectivity index (χ2n) is 17.2. The number of ether oxygens (including phenoxy) is 5. The highest BCUT2D eigenvalue weighted by molar-refractivity contribution is 6.07. The number of H-pyrrole nitrogens is 2. The molecule has 2 fully saturated rings. The normalized spacial score (nSPS) is 20.8. The van der Waals surface area contributed by atoms with E-state index in [9.17, 15) is 19.2 Å². The van der Waals surface area contributed by atoms with Gasteiger partial charge in [-0.2, -0.15) is 0 Å². The summed E-state index contributed by atoms with van der Waals surface area (Å²) in [6, 6.07) is 12.1. The number of hydrogen-bond acceptors (Lipinski definition) is 11. The van der Waals surface area contributed by atoms with Gasteiger partial charge in [0.15, 0.2) is 0 Å². The van der Waals surface area contributed by atoms with Crippen LogP contribution in [0.3, 0.4) is 0 Å². The van der Waals surface area contributed by atoms with Gasteiger partial charge in [0, 0.05) is 43.7 Å². The molecule has 4 N–H and O–H groups in total. The molecular weight excluding hydrogens is 809 g/mol. The van der Waals surface area contributed by atoms with Gasteiger partial charge in [0.25, 0.3) is 0 Å². The molecule has 2 saturated heterocycles. The first-order valence-corrected chi connectivity index (χ1v) is 21.4. The van der Waals surface area contributed by atoms with Crippen LogP contribution in [0.4, 0.5) is 9.59 Å². The van der Waals surface area contributed by atoms with Crippen LogP contribution in [0.15, 0.2) is 48.7 Å². The Labute approximate surface area is 365 Å². The largest absolute Gasteiger partial charge is 0.488 e. The van der Waals surface area contributed by atoms with Crippen LogP contribution in [-0.4, -0.2) is 120 Å². The average molecular weight is 865 g/mol. The Bertz CT molecular complexity index is 2540. The minimum absolute atomic E-state index is 0.0341. The van der Waals surface area contributed by atoms with Crippen molar-refractivity contribution < 1.29 is 42.9 Å². The summed E-state index contributed by atoms with van der Waals surface area (Å²) >= 11 is 0. The van der Waals surface area contributed by atoms with E-state index in [4.69, 9.17) is 33.7 Å². The summed E-state index contributed by atoms with van der Waals surface area (Å²) in [6.45, 7) is 8.82. The number of imidazole rings is 2. The van der Waals surface area contributed by atoms with Crippen molar-refractivity contribution in [2.45, 2.75) is 89.9 Å². The van der Waals surface area contributed by atoms with E-state index in [0.717, 1.165) is 68.3 Å². The summed E-state index contributed by atoms with van der Waals surface area (Å²) in [5, 5.41) is 7.32. The van der Waals surface area contributed by atoms with Gasteiger partial charge < -0.3 is 54.1 Å². The SMILES string of the molecule is COC[C@H]1CC(c2ncc(-c3ccc4c(c3)COc3cc5c(ccc6[nH]c([C@@H]7CC[C@H](C)N7C(=O)[C@@H](NC(=O)OC)C(C)C)nc65)cc3-4)[nH]2)N(C(=O)C(NC(=O)OC)[C@@H](C)OC)C1. The van der Waals surface area contributed by atoms with E-state index >= 15 is 0 Å². The molecule has 63 heavy (non-hydrogen) atoms. The lowest BCUT2D eigenvalue weighted by molar-refractivity contribution is -0.138. The van der Waals surface area contributed by atoms with Crippen molar-refractivity contribution in [1.82, 2.24) is 40.4 Å². The van der Waals surface area contributed by atoms with Gasteiger partial charge in [-0.3, -0.25) is 9.59 Å². The van der Waals surface area contributed by atoms with Crippen LogP contribution in [0.1, 0.15) is 76.3 Å². The van der Waals surface area contributed by atoms with Crippen LogP contribution in [-0.2, 0) is 35.1 Å². The molecule has 334 valence electrons. The Morgan fingerprint density at radius 1 is 0.873 bits per heavy atom. The molecule has 0 spiro atoms. The number of carbonyl (C=O) groups is 4. The van der Waals surface area contributed by atoms with Crippen LogP contribution in [0.5, 0.6) is 5.75 Å². The molecule has 4 amide bonds. The molecule has 0 bridgehead atoms. The molecule has 5 heterocycles. The van der Waals surface area contributed by atoms with Gasteiger partial charge in [0.1, 0.15) is 36.1 Å². The van der Waals surface area contributed by atoms with Crippen molar-refractivity contribution >= 4 is 45.8 Å². The van der Waals surface area contributed by atoms with Gasteiger partial charge in [-0.15, -0.1) is 0 Å². The molecule has 17 nitrogen and oxygen atoms in total. The Morgan fingerprint density at radius 2 is 1.63 bits per heavy atom. The number of benzene rings is 3. The Kier molecular flexibility index (Phi) is 12.3. The molecule has 5 aromatic rings. The maximum absolute atomic E-state index is 14.0. The van der Waals surface area contributed by atoms with E-state index in [0.29, 0.717) is 37.8 Å². The number of nitrogens with one attached hydrogen (secondary N) is 4. The van der Waals surface area contributed by atoms with Crippen molar-refractivity contribution in [3.8, 4) is 28.1 Å². The smallest absolute Gasteiger partial charge is 0.407 e. The molecule has 0 aliphatic carbocycles. The highest BCUT2D eigenvalue weighted by Crippen LogP contribution is 2.44. The molecule has 7 atom stereocenters. The number of aromatic nitrogens is 4. The quantitative estimate of drug-likeness (QED) is 0.108. The van der Waals surface area contributed by atoms with Crippen molar-refractivity contribution in [2.24, 2.45) is 11.8 Å². The van der Waals surface area contributed by atoms with Crippen LogP contribution in [0.2, 0.25) is 0 Å². The van der Waals surface area contributed by atoms with Crippen molar-refractivity contribution in [3.05, 3.63) is 65.9 Å². The molecule has 3 aliphatic rings. The number of hydrogen-bond donors (Lipinski definition) is 4. The number of rotatable bonds is 12. The van der Waals surface area contributed by atoms with Gasteiger partial charge in [-0.05, 0) is 85.4 Å². The number of fused-ring (bicyclic) bond motifs is 6. The molecule has 0 saturated carbocycles. The predicted octanol–water partition coefficient (Wildman–Crippen LogP) is 6.39. The lowest BCUT2D eigenvalue weighted by atomic mass is 9.92. The summed E-state index contributed by atoms with van der Waals surface area (Å²) in [7, 11) is 5.68. The van der Waals surface area contributed by atoms with Gasteiger partial charge >= 0.3 is 12.2 Å². The van der Waals surface area contributed by atoms with Crippen LogP contribution in [0.25, 0.3) is 44.2 Å². The number of likely N-dealkylation sites (tertiary alicyclic amines) is 2. The number of methoxy groups -OCH3 is 4. The number of nitrogens with zero attached hydrogens (tertiary/aromatic N) is 4. The molecule has 2 unspecified atom stereocenters. The molecule has 3 aromatic carbocycles. The van der Waals surface area contributed by atoms with E-state index in [1.807, 2.05) is 31.7 Å². The molecule has 8 rings (SSSR count). The number of amides is 4. The maximum atomic E-state index is 14.0. The van der Waals surface area contributed by atoms with E-state index in [1.165, 1.54) is 21.3 Å². The van der Waals surface area contributed by atoms with Gasteiger partial charge in [0.05, 0.1) is 61.9 Å². The monoisotopic (exact) mass is 864 g/mol. The second kappa shape index (κ2) is 17.9. The topological polar surface area (TPSA) is 202 Å². The fourth-order valence-corrected chi connectivity index (χ4v) is 9.43. The highest BCUT2D eigenvalue weighted by Gasteiger charge is 2.43. The standard InChI is InChI=1S/C46H56N8O9/c1-23(2)38(51-45(57)61-7)44(56)54-24(3)9-14-35(54)42-48-33-13-11-27-17-32-30-12-10-28(16-29(30)22-63-37(32)18-31(27)40(33)50-42)34-19-47-41(49-34)36-15-26(21-59-5)20-53(36)43(55)39(25(4)60-6)52-46(58)62-8/h10-13,16-19,23-26,35-36,38-39H,9,14-15,20-22H2,1-8H3,(H,47,49)(H,48,50)(H,51,57)(H,52,58)/t24-,25+,26-,35-,36?,38-,39?/m0/s1. The maximum Gasteiger partial charge on any atom is 0.407 e. The third kappa shape index (κ3) is 8.26. The summed E-state index contributed by atoms with van der Waals surface area (Å²) in [5.41, 5.74) is 6.42. The highest BCUT2D eigenvalue weighted by atomic mass is 16.5. The van der Waals surface area contributed by atoms with Gasteiger partial charge in [0.2, 0.25) is 11.8 Å². The zero-order valence-corrected chi connectivity index (χ0v) is 36.9. The van der Waals surface area contributed by atoms with Crippen molar-refractivity contribution in [3.63, 3.8) is 0 Å². The van der Waals surface area contributed by atoms with Crippen LogP contribution >= 0.6 is 0 Å². The molecule has 0 radical (unpaired) electrons. The third-order valence-corrected chi connectivity index (χ3v) is 12.9. The van der Waals surface area contributed by atoms with Gasteiger partial charge in [-0.25, -0.2) is 19.6 Å². The number of alkyl carbamates (subject to hydrolysis) is 2. The fraction of sp³-hybridized carbons (Fsp3) is 0.478. The van der Waals surface area contributed by atoms with E-state index in [-0.39, 0.29) is 41.8 Å². The second-order valence-corrected chi connectivity index (χ2v) is 17.2. The lowest BCUT2D eigenvalue weighted by Gasteiger charge is -2.32. The Balaban J connectivity index is 1.05. The summed E-state index contributed by atoms with van der Waals surface area (Å²) in [4.78, 5) is 72.9. The number of carbonyl (C=O) groups excluding carboxylic acids is 4. The Hall–Kier alpha value is -6.20. The molecule has 2 aromatic heterocycles. The summed E-state index contributed by atoms with van der Waals surface area (Å²) in [5.74, 6) is 1.56. The van der Waals surface area contributed by atoms with E-state index in [2.05, 4.69) is 57.0 Å². The minimum Gasteiger partial charge on any atom is -0.488 e. The first-order valence-electron chi connectivity index (χ1n) is 21.4. The third-order valence-electron chi connectivity index (χ3n) is 12.9. The average Bonchev–Trinajstić information content (AvgIpc) is 4.11. The van der Waals surface area contributed by atoms with E-state index in [1.54, 1.807) is 25.1 Å². The van der Waals surface area contributed by atoms with Crippen molar-refractivity contribution in [1.29, 1.82) is 0 Å². The summed E-state index contributed by atoms with van der Waals surface area (Å²) in [6.07, 6.45) is 1.99. The van der Waals surface area contributed by atoms with Crippen LogP contribution < -0.4 is 15.4 Å². The molecular formula is C46H56N8O9. The molecule has 17 heteroatoms. The first-order chi connectivity index (χ1) is 30.3. The minimum atomic E-state index is -0.963. The Morgan fingerprint density at radius 3 is 2.35 bits per heavy atom. The molecule has 3 aliphatic heterocycles. The van der Waals surface area contributed by atoms with Gasteiger partial charge in [-0.1, -0.05) is 32.0 Å². The van der Waals surface area contributed by atoms with Crippen LogP contribution in [0, 0.1) is 11.8 Å². The number of aromatic amines is 2. The lowest BCUT2D eigenvalue weighted by Crippen LogP contribution is -2.54. The summed E-state index contributed by atoms with van der Waals surface area (Å²) < 4.78 is 27.0. The zero-order valence-electron chi connectivity index (χ0n) is 36.9. The fourth-order valence-electron chi connectivity index (χ4n) is 9.43. The van der Waals surface area contributed by atoms with E-state index < -0.39 is 30.4 Å².